The Kier molecular flexibility index (Phi) is 3.34. The first kappa shape index (κ1) is 10.6. The molecule has 82 valence electrons. The number of aryl methyl sites for hydroxylation is 1. The normalized spacial score (nSPS) is 22.1. The van der Waals surface area contributed by atoms with Gasteiger partial charge in [-0.15, -0.1) is 0 Å². The summed E-state index contributed by atoms with van der Waals surface area (Å²) in [5, 5.41) is 9.07. The van der Waals surface area contributed by atoms with E-state index in [0.717, 1.165) is 26.1 Å². The van der Waals surface area contributed by atoms with Crippen LogP contribution in [0.25, 0.3) is 0 Å². The summed E-state index contributed by atoms with van der Waals surface area (Å²) in [4.78, 5) is 6.50. The summed E-state index contributed by atoms with van der Waals surface area (Å²) >= 11 is 0. The number of hydrogen-bond acceptors (Lipinski definition) is 3. The molecule has 0 radical (unpaired) electrons. The van der Waals surface area contributed by atoms with Crippen LogP contribution >= 0.6 is 0 Å². The van der Waals surface area contributed by atoms with Crippen LogP contribution in [-0.2, 0) is 6.54 Å². The van der Waals surface area contributed by atoms with Crippen molar-refractivity contribution in [2.45, 2.75) is 19.9 Å². The number of rotatable bonds is 3. The lowest BCUT2D eigenvalue weighted by Gasteiger charge is -2.16. The number of pyridine rings is 1. The number of aliphatic hydroxyl groups is 1. The summed E-state index contributed by atoms with van der Waals surface area (Å²) in [6, 6.07) is 2.08. The highest BCUT2D eigenvalue weighted by Gasteiger charge is 2.21. The standard InChI is InChI=1S/C12H18N2O/c1-10-6-13-4-2-12(10)8-14-5-3-11(7-14)9-15/h2,4,6,11,15H,3,5,7-9H2,1H3. The molecule has 0 amide bonds. The van der Waals surface area contributed by atoms with E-state index in [0.29, 0.717) is 12.5 Å². The van der Waals surface area contributed by atoms with Crippen LogP contribution in [0.1, 0.15) is 17.5 Å². The average Bonchev–Trinajstić information content (AvgIpc) is 2.69. The van der Waals surface area contributed by atoms with E-state index in [2.05, 4.69) is 22.9 Å². The molecule has 0 saturated carbocycles. The van der Waals surface area contributed by atoms with Crippen LogP contribution in [0.4, 0.5) is 0 Å². The summed E-state index contributed by atoms with van der Waals surface area (Å²) in [6.07, 6.45) is 4.89. The maximum Gasteiger partial charge on any atom is 0.0471 e. The topological polar surface area (TPSA) is 36.4 Å². The monoisotopic (exact) mass is 206 g/mol. The number of hydrogen-bond donors (Lipinski definition) is 1. The summed E-state index contributed by atoms with van der Waals surface area (Å²) in [5.74, 6) is 0.479. The second kappa shape index (κ2) is 4.73. The molecular weight excluding hydrogens is 188 g/mol. The van der Waals surface area contributed by atoms with Crippen LogP contribution in [0.5, 0.6) is 0 Å². The Morgan fingerprint density at radius 2 is 2.47 bits per heavy atom. The molecule has 15 heavy (non-hydrogen) atoms. The second-order valence-electron chi connectivity index (χ2n) is 4.37. The SMILES string of the molecule is Cc1cnccc1CN1CCC(CO)C1. The third-order valence-corrected chi connectivity index (χ3v) is 3.16. The van der Waals surface area contributed by atoms with Crippen LogP contribution in [0.2, 0.25) is 0 Å². The quantitative estimate of drug-likeness (QED) is 0.807. The van der Waals surface area contributed by atoms with Gasteiger partial charge >= 0.3 is 0 Å². The highest BCUT2D eigenvalue weighted by Crippen LogP contribution is 2.18. The minimum absolute atomic E-state index is 0.325. The Labute approximate surface area is 90.8 Å². The molecule has 0 aromatic carbocycles. The first-order chi connectivity index (χ1) is 7.29. The molecule has 1 N–H and O–H groups in total. The van der Waals surface area contributed by atoms with E-state index in [9.17, 15) is 0 Å². The lowest BCUT2D eigenvalue weighted by atomic mass is 10.1. The lowest BCUT2D eigenvalue weighted by molar-refractivity contribution is 0.220. The molecule has 2 rings (SSSR count). The van der Waals surface area contributed by atoms with Crippen molar-refractivity contribution in [1.82, 2.24) is 9.88 Å². The molecule has 0 bridgehead atoms. The van der Waals surface area contributed by atoms with Crippen molar-refractivity contribution < 1.29 is 5.11 Å². The minimum Gasteiger partial charge on any atom is -0.396 e. The summed E-state index contributed by atoms with van der Waals surface area (Å²) in [7, 11) is 0. The van der Waals surface area contributed by atoms with Crippen molar-refractivity contribution in [3.63, 3.8) is 0 Å². The Morgan fingerprint density at radius 1 is 1.60 bits per heavy atom. The van der Waals surface area contributed by atoms with Gasteiger partial charge in [0.1, 0.15) is 0 Å². The van der Waals surface area contributed by atoms with Gasteiger partial charge in [0, 0.05) is 32.1 Å². The fraction of sp³-hybridized carbons (Fsp3) is 0.583. The summed E-state index contributed by atoms with van der Waals surface area (Å²) in [6.45, 7) is 5.55. The predicted molar refractivity (Wildman–Crippen MR) is 59.4 cm³/mol. The number of nitrogens with zero attached hydrogens (tertiary/aromatic N) is 2. The van der Waals surface area contributed by atoms with Gasteiger partial charge in [-0.3, -0.25) is 9.88 Å². The fourth-order valence-corrected chi connectivity index (χ4v) is 2.13. The molecular formula is C12H18N2O. The third-order valence-electron chi connectivity index (χ3n) is 3.16. The van der Waals surface area contributed by atoms with Crippen LogP contribution in [-0.4, -0.2) is 34.7 Å². The Morgan fingerprint density at radius 3 is 3.13 bits per heavy atom. The number of likely N-dealkylation sites (tertiary alicyclic amines) is 1. The maximum atomic E-state index is 9.07. The molecule has 1 aromatic heterocycles. The van der Waals surface area contributed by atoms with Gasteiger partial charge in [-0.2, -0.15) is 0 Å². The molecule has 2 heterocycles. The van der Waals surface area contributed by atoms with Crippen molar-refractivity contribution in [3.05, 3.63) is 29.6 Å². The van der Waals surface area contributed by atoms with Gasteiger partial charge < -0.3 is 5.11 Å². The van der Waals surface area contributed by atoms with Gasteiger partial charge in [0.2, 0.25) is 0 Å². The highest BCUT2D eigenvalue weighted by molar-refractivity contribution is 5.21. The van der Waals surface area contributed by atoms with Crippen LogP contribution in [0, 0.1) is 12.8 Å². The predicted octanol–water partition coefficient (Wildman–Crippen LogP) is 1.20. The number of aromatic nitrogens is 1. The smallest absolute Gasteiger partial charge is 0.0471 e. The summed E-state index contributed by atoms with van der Waals surface area (Å²) in [5.41, 5.74) is 2.61. The van der Waals surface area contributed by atoms with Gasteiger partial charge in [0.25, 0.3) is 0 Å². The van der Waals surface area contributed by atoms with Crippen LogP contribution < -0.4 is 0 Å². The van der Waals surface area contributed by atoms with Gasteiger partial charge in [0.05, 0.1) is 0 Å². The molecule has 3 heteroatoms. The largest absolute Gasteiger partial charge is 0.396 e. The van der Waals surface area contributed by atoms with Gasteiger partial charge in [0.15, 0.2) is 0 Å². The van der Waals surface area contributed by atoms with Gasteiger partial charge in [-0.1, -0.05) is 0 Å². The van der Waals surface area contributed by atoms with E-state index in [-0.39, 0.29) is 0 Å². The lowest BCUT2D eigenvalue weighted by Crippen LogP contribution is -2.21. The zero-order valence-electron chi connectivity index (χ0n) is 9.19. The van der Waals surface area contributed by atoms with Crippen molar-refractivity contribution >= 4 is 0 Å². The molecule has 1 saturated heterocycles. The first-order valence-corrected chi connectivity index (χ1v) is 5.52. The third kappa shape index (κ3) is 2.55. The van der Waals surface area contributed by atoms with E-state index in [1.54, 1.807) is 0 Å². The highest BCUT2D eigenvalue weighted by atomic mass is 16.3. The Bertz CT molecular complexity index is 327. The molecule has 1 aromatic rings. The molecule has 1 aliphatic heterocycles. The molecule has 1 aliphatic rings. The summed E-state index contributed by atoms with van der Waals surface area (Å²) < 4.78 is 0. The molecule has 1 unspecified atom stereocenters. The minimum atomic E-state index is 0.325. The van der Waals surface area contributed by atoms with Crippen LogP contribution in [0.3, 0.4) is 0 Å². The zero-order valence-corrected chi connectivity index (χ0v) is 9.19. The van der Waals surface area contributed by atoms with Crippen molar-refractivity contribution in [2.75, 3.05) is 19.7 Å². The average molecular weight is 206 g/mol. The molecule has 1 atom stereocenters. The second-order valence-corrected chi connectivity index (χ2v) is 4.37. The van der Waals surface area contributed by atoms with Crippen molar-refractivity contribution in [2.24, 2.45) is 5.92 Å². The van der Waals surface area contributed by atoms with E-state index < -0.39 is 0 Å². The number of aliphatic hydroxyl groups excluding tert-OH is 1. The Balaban J connectivity index is 1.96. The molecule has 0 spiro atoms. The van der Waals surface area contributed by atoms with Crippen LogP contribution in [0.15, 0.2) is 18.5 Å². The maximum absolute atomic E-state index is 9.07. The zero-order chi connectivity index (χ0) is 10.7. The van der Waals surface area contributed by atoms with Gasteiger partial charge in [-0.25, -0.2) is 0 Å². The van der Waals surface area contributed by atoms with E-state index in [1.165, 1.54) is 11.1 Å². The van der Waals surface area contributed by atoms with E-state index in [1.807, 2.05) is 12.4 Å². The van der Waals surface area contributed by atoms with Crippen molar-refractivity contribution in [1.29, 1.82) is 0 Å². The molecule has 3 nitrogen and oxygen atoms in total. The van der Waals surface area contributed by atoms with E-state index in [4.69, 9.17) is 5.11 Å². The van der Waals surface area contributed by atoms with Crippen molar-refractivity contribution in [3.8, 4) is 0 Å². The Hall–Kier alpha value is -0.930. The first-order valence-electron chi connectivity index (χ1n) is 5.52. The molecule has 0 aliphatic carbocycles. The van der Waals surface area contributed by atoms with E-state index >= 15 is 0 Å². The van der Waals surface area contributed by atoms with Gasteiger partial charge in [-0.05, 0) is 43.0 Å². The fourth-order valence-electron chi connectivity index (χ4n) is 2.13. The molecule has 1 fully saturated rings.